The van der Waals surface area contributed by atoms with Crippen LogP contribution in [0.4, 0.5) is 16.2 Å². The summed E-state index contributed by atoms with van der Waals surface area (Å²) in [6, 6.07) is 13.9. The van der Waals surface area contributed by atoms with Crippen LogP contribution in [-0.4, -0.2) is 44.1 Å². The molecule has 3 rings (SSSR count). The number of anilines is 2. The molecule has 0 aliphatic carbocycles. The van der Waals surface area contributed by atoms with Gasteiger partial charge in [0, 0.05) is 30.5 Å². The van der Waals surface area contributed by atoms with Crippen molar-refractivity contribution in [2.45, 2.75) is 57.1 Å². The van der Waals surface area contributed by atoms with Crippen LogP contribution in [0.2, 0.25) is 0 Å². The first kappa shape index (κ1) is 22.9. The van der Waals surface area contributed by atoms with Crippen molar-refractivity contribution in [2.75, 3.05) is 23.1 Å². The van der Waals surface area contributed by atoms with E-state index >= 15 is 0 Å². The lowest BCUT2D eigenvalue weighted by Gasteiger charge is -2.34. The second-order valence-electron chi connectivity index (χ2n) is 8.91. The van der Waals surface area contributed by atoms with Gasteiger partial charge in [0.1, 0.15) is 5.60 Å². The third-order valence-electron chi connectivity index (χ3n) is 4.91. The van der Waals surface area contributed by atoms with Crippen molar-refractivity contribution in [2.24, 2.45) is 0 Å². The average Bonchev–Trinajstić information content (AvgIpc) is 2.68. The van der Waals surface area contributed by atoms with Crippen LogP contribution in [0.3, 0.4) is 0 Å². The third kappa shape index (κ3) is 6.62. The molecular formula is C23H31N3O4S. The van der Waals surface area contributed by atoms with Crippen LogP contribution >= 0.6 is 0 Å². The molecule has 1 unspecified atom stereocenters. The fourth-order valence-corrected chi connectivity index (χ4v) is 4.45. The van der Waals surface area contributed by atoms with Crippen molar-refractivity contribution in [3.05, 3.63) is 54.1 Å². The van der Waals surface area contributed by atoms with Gasteiger partial charge in [0.2, 0.25) is 0 Å². The van der Waals surface area contributed by atoms with Crippen LogP contribution in [-0.2, 0) is 14.8 Å². The Hall–Kier alpha value is -2.74. The van der Waals surface area contributed by atoms with E-state index in [-0.39, 0.29) is 17.0 Å². The molecule has 2 aromatic carbocycles. The summed E-state index contributed by atoms with van der Waals surface area (Å²) in [6.07, 6.45) is 1.55. The second-order valence-corrected chi connectivity index (χ2v) is 10.6. The number of rotatable bonds is 5. The summed E-state index contributed by atoms with van der Waals surface area (Å²) >= 11 is 0. The van der Waals surface area contributed by atoms with Crippen LogP contribution in [0.5, 0.6) is 0 Å². The first-order valence-electron chi connectivity index (χ1n) is 10.5. The highest BCUT2D eigenvalue weighted by Gasteiger charge is 2.27. The molecule has 0 aromatic heterocycles. The molecule has 1 amide bonds. The van der Waals surface area contributed by atoms with Gasteiger partial charge in [-0.2, -0.15) is 0 Å². The van der Waals surface area contributed by atoms with E-state index < -0.39 is 15.6 Å². The molecule has 0 radical (unpaired) electrons. The van der Waals surface area contributed by atoms with E-state index in [4.69, 9.17) is 4.74 Å². The normalized spacial score (nSPS) is 17.2. The molecule has 1 heterocycles. The monoisotopic (exact) mass is 445 g/mol. The number of aryl methyl sites for hydroxylation is 1. The van der Waals surface area contributed by atoms with E-state index in [9.17, 15) is 13.2 Å². The maximum absolute atomic E-state index is 12.5. The largest absolute Gasteiger partial charge is 0.444 e. The Labute approximate surface area is 184 Å². The standard InChI is InChI=1S/C23H31N3O4S/c1-17-7-13-21(14-8-17)31(28,29)25-19-11-9-18(10-12-19)24-20-6-5-15-26(16-20)22(27)30-23(2,3)4/h7-14,20,24-25H,5-6,15-16H2,1-4H3. The Kier molecular flexibility index (Phi) is 6.79. The number of nitrogens with zero attached hydrogens (tertiary/aromatic N) is 1. The van der Waals surface area contributed by atoms with Crippen LogP contribution in [0, 0.1) is 6.92 Å². The quantitative estimate of drug-likeness (QED) is 0.702. The second kappa shape index (κ2) is 9.18. The number of nitrogens with one attached hydrogen (secondary N) is 2. The molecule has 0 saturated carbocycles. The average molecular weight is 446 g/mol. The van der Waals surface area contributed by atoms with E-state index in [0.717, 1.165) is 24.1 Å². The Morgan fingerprint density at radius 2 is 1.65 bits per heavy atom. The maximum Gasteiger partial charge on any atom is 0.410 e. The zero-order chi connectivity index (χ0) is 22.6. The number of amides is 1. The van der Waals surface area contributed by atoms with E-state index in [1.165, 1.54) is 0 Å². The van der Waals surface area contributed by atoms with Gasteiger partial charge < -0.3 is 15.0 Å². The Balaban J connectivity index is 1.59. The molecule has 31 heavy (non-hydrogen) atoms. The molecule has 1 aliphatic rings. The van der Waals surface area contributed by atoms with E-state index in [2.05, 4.69) is 10.0 Å². The molecule has 8 heteroatoms. The Bertz CT molecular complexity index is 997. The Morgan fingerprint density at radius 1 is 1.03 bits per heavy atom. The summed E-state index contributed by atoms with van der Waals surface area (Å²) in [5, 5.41) is 3.43. The summed E-state index contributed by atoms with van der Waals surface area (Å²) < 4.78 is 33.2. The van der Waals surface area contributed by atoms with E-state index in [0.29, 0.717) is 18.8 Å². The lowest BCUT2D eigenvalue weighted by Crippen LogP contribution is -2.46. The number of sulfonamides is 1. The van der Waals surface area contributed by atoms with Gasteiger partial charge in [0.05, 0.1) is 4.90 Å². The first-order valence-corrected chi connectivity index (χ1v) is 11.9. The van der Waals surface area contributed by atoms with Crippen molar-refractivity contribution in [1.29, 1.82) is 0 Å². The summed E-state index contributed by atoms with van der Waals surface area (Å²) in [6.45, 7) is 8.75. The molecule has 0 spiro atoms. The van der Waals surface area contributed by atoms with Gasteiger partial charge in [-0.05, 0) is 76.9 Å². The minimum atomic E-state index is -3.63. The van der Waals surface area contributed by atoms with Crippen LogP contribution in [0.25, 0.3) is 0 Å². The predicted octanol–water partition coefficient (Wildman–Crippen LogP) is 4.61. The lowest BCUT2D eigenvalue weighted by atomic mass is 10.1. The van der Waals surface area contributed by atoms with Crippen LogP contribution in [0.1, 0.15) is 39.2 Å². The molecule has 2 aromatic rings. The SMILES string of the molecule is Cc1ccc(S(=O)(=O)Nc2ccc(NC3CCCN(C(=O)OC(C)(C)C)C3)cc2)cc1. The van der Waals surface area contributed by atoms with Gasteiger partial charge in [0.15, 0.2) is 0 Å². The zero-order valence-electron chi connectivity index (χ0n) is 18.5. The fourth-order valence-electron chi connectivity index (χ4n) is 3.39. The van der Waals surface area contributed by atoms with Crippen molar-refractivity contribution in [3.63, 3.8) is 0 Å². The topological polar surface area (TPSA) is 87.7 Å². The minimum Gasteiger partial charge on any atom is -0.444 e. The highest BCUT2D eigenvalue weighted by atomic mass is 32.2. The molecule has 2 N–H and O–H groups in total. The number of carbonyl (C=O) groups is 1. The minimum absolute atomic E-state index is 0.108. The summed E-state index contributed by atoms with van der Waals surface area (Å²) in [5.41, 5.74) is 1.85. The van der Waals surface area contributed by atoms with Gasteiger partial charge in [-0.15, -0.1) is 0 Å². The van der Waals surface area contributed by atoms with E-state index in [1.54, 1.807) is 41.3 Å². The number of ether oxygens (including phenoxy) is 1. The highest BCUT2D eigenvalue weighted by molar-refractivity contribution is 7.92. The number of likely N-dealkylation sites (tertiary alicyclic amines) is 1. The molecule has 7 nitrogen and oxygen atoms in total. The van der Waals surface area contributed by atoms with Gasteiger partial charge >= 0.3 is 6.09 Å². The van der Waals surface area contributed by atoms with Crippen molar-refractivity contribution in [1.82, 2.24) is 4.90 Å². The predicted molar refractivity (Wildman–Crippen MR) is 123 cm³/mol. The third-order valence-corrected chi connectivity index (χ3v) is 6.31. The lowest BCUT2D eigenvalue weighted by molar-refractivity contribution is 0.0206. The van der Waals surface area contributed by atoms with Crippen molar-refractivity contribution in [3.8, 4) is 0 Å². The van der Waals surface area contributed by atoms with Gasteiger partial charge in [0.25, 0.3) is 10.0 Å². The van der Waals surface area contributed by atoms with Crippen molar-refractivity contribution >= 4 is 27.5 Å². The molecular weight excluding hydrogens is 414 g/mol. The highest BCUT2D eigenvalue weighted by Crippen LogP contribution is 2.22. The molecule has 1 saturated heterocycles. The molecule has 1 aliphatic heterocycles. The number of carbonyl (C=O) groups excluding carboxylic acids is 1. The number of benzene rings is 2. The van der Waals surface area contributed by atoms with Crippen LogP contribution < -0.4 is 10.0 Å². The smallest absolute Gasteiger partial charge is 0.410 e. The summed E-state index contributed by atoms with van der Waals surface area (Å²) in [4.78, 5) is 14.3. The molecule has 1 fully saturated rings. The fraction of sp³-hybridized carbons (Fsp3) is 0.435. The molecule has 168 valence electrons. The zero-order valence-corrected chi connectivity index (χ0v) is 19.3. The maximum atomic E-state index is 12.5. The molecule has 0 bridgehead atoms. The first-order chi connectivity index (χ1) is 14.5. The number of piperidine rings is 1. The van der Waals surface area contributed by atoms with Gasteiger partial charge in [-0.1, -0.05) is 17.7 Å². The van der Waals surface area contributed by atoms with Gasteiger partial charge in [-0.25, -0.2) is 13.2 Å². The summed E-state index contributed by atoms with van der Waals surface area (Å²) in [5.74, 6) is 0. The van der Waals surface area contributed by atoms with Crippen LogP contribution in [0.15, 0.2) is 53.4 Å². The Morgan fingerprint density at radius 3 is 2.26 bits per heavy atom. The number of hydrogen-bond acceptors (Lipinski definition) is 5. The number of hydrogen-bond donors (Lipinski definition) is 2. The van der Waals surface area contributed by atoms with Gasteiger partial charge in [-0.3, -0.25) is 4.72 Å². The molecule has 1 atom stereocenters. The summed E-state index contributed by atoms with van der Waals surface area (Å²) in [7, 11) is -3.63. The van der Waals surface area contributed by atoms with Crippen molar-refractivity contribution < 1.29 is 17.9 Å². The van der Waals surface area contributed by atoms with E-state index in [1.807, 2.05) is 39.8 Å².